The van der Waals surface area contributed by atoms with Gasteiger partial charge in [0.05, 0.1) is 6.61 Å². The SMILES string of the molecule is C=CCCCCCCOc1cccc(CN)c1F. The number of rotatable bonds is 9. The second-order valence-electron chi connectivity index (χ2n) is 4.27. The van der Waals surface area contributed by atoms with Gasteiger partial charge in [0, 0.05) is 12.1 Å². The standard InChI is InChI=1S/C15H22FNO/c1-2-3-4-5-6-7-11-18-14-10-8-9-13(12-17)15(14)16/h2,8-10H,1,3-7,11-12,17H2. The fraction of sp³-hybridized carbons (Fsp3) is 0.467. The highest BCUT2D eigenvalue weighted by Crippen LogP contribution is 2.20. The van der Waals surface area contributed by atoms with Crippen LogP contribution in [-0.4, -0.2) is 6.61 Å². The van der Waals surface area contributed by atoms with Crippen molar-refractivity contribution in [3.63, 3.8) is 0 Å². The Hall–Kier alpha value is -1.35. The van der Waals surface area contributed by atoms with Gasteiger partial charge in [-0.3, -0.25) is 0 Å². The van der Waals surface area contributed by atoms with Gasteiger partial charge in [0.25, 0.3) is 0 Å². The molecule has 2 N–H and O–H groups in total. The molecule has 0 radical (unpaired) electrons. The van der Waals surface area contributed by atoms with Crippen molar-refractivity contribution in [1.29, 1.82) is 0 Å². The molecule has 0 bridgehead atoms. The van der Waals surface area contributed by atoms with Crippen LogP contribution in [0.3, 0.4) is 0 Å². The van der Waals surface area contributed by atoms with Crippen molar-refractivity contribution in [2.24, 2.45) is 5.73 Å². The smallest absolute Gasteiger partial charge is 0.169 e. The van der Waals surface area contributed by atoms with Crippen molar-refractivity contribution in [3.8, 4) is 5.75 Å². The lowest BCUT2D eigenvalue weighted by molar-refractivity contribution is 0.289. The minimum atomic E-state index is -0.327. The van der Waals surface area contributed by atoms with Crippen LogP contribution in [0, 0.1) is 5.82 Å². The van der Waals surface area contributed by atoms with E-state index < -0.39 is 0 Å². The average Bonchev–Trinajstić information content (AvgIpc) is 2.39. The van der Waals surface area contributed by atoms with Gasteiger partial charge in [-0.15, -0.1) is 6.58 Å². The minimum Gasteiger partial charge on any atom is -0.491 e. The second-order valence-corrected chi connectivity index (χ2v) is 4.27. The molecule has 0 fully saturated rings. The molecule has 0 amide bonds. The van der Waals surface area contributed by atoms with Crippen LogP contribution in [0.2, 0.25) is 0 Å². The highest BCUT2D eigenvalue weighted by Gasteiger charge is 2.07. The molecule has 0 saturated heterocycles. The molecule has 1 aromatic rings. The van der Waals surface area contributed by atoms with E-state index >= 15 is 0 Å². The molecule has 3 heteroatoms. The van der Waals surface area contributed by atoms with Gasteiger partial charge < -0.3 is 10.5 Å². The molecule has 0 unspecified atom stereocenters. The zero-order chi connectivity index (χ0) is 13.2. The van der Waals surface area contributed by atoms with Crippen LogP contribution in [-0.2, 0) is 6.54 Å². The van der Waals surface area contributed by atoms with Gasteiger partial charge in [-0.05, 0) is 25.3 Å². The van der Waals surface area contributed by atoms with Crippen molar-refractivity contribution in [2.75, 3.05) is 6.61 Å². The van der Waals surface area contributed by atoms with Gasteiger partial charge >= 0.3 is 0 Å². The van der Waals surface area contributed by atoms with Gasteiger partial charge in [-0.25, -0.2) is 4.39 Å². The molecule has 0 atom stereocenters. The summed E-state index contributed by atoms with van der Waals surface area (Å²) in [7, 11) is 0. The lowest BCUT2D eigenvalue weighted by Gasteiger charge is -2.09. The van der Waals surface area contributed by atoms with E-state index in [9.17, 15) is 4.39 Å². The van der Waals surface area contributed by atoms with Gasteiger partial charge in [0.1, 0.15) is 0 Å². The summed E-state index contributed by atoms with van der Waals surface area (Å²) >= 11 is 0. The summed E-state index contributed by atoms with van der Waals surface area (Å²) in [6.07, 6.45) is 7.38. The van der Waals surface area contributed by atoms with Crippen LogP contribution in [0.15, 0.2) is 30.9 Å². The van der Waals surface area contributed by atoms with E-state index in [-0.39, 0.29) is 12.4 Å². The van der Waals surface area contributed by atoms with Crippen LogP contribution in [0.5, 0.6) is 5.75 Å². The Labute approximate surface area is 109 Å². The number of allylic oxidation sites excluding steroid dienone is 1. The molecule has 0 aliphatic rings. The lowest BCUT2D eigenvalue weighted by Crippen LogP contribution is -2.04. The molecule has 0 aromatic heterocycles. The van der Waals surface area contributed by atoms with Gasteiger partial charge in [0.15, 0.2) is 11.6 Å². The first-order chi connectivity index (χ1) is 8.79. The third-order valence-electron chi connectivity index (χ3n) is 2.82. The summed E-state index contributed by atoms with van der Waals surface area (Å²) in [6.45, 7) is 4.44. The zero-order valence-corrected chi connectivity index (χ0v) is 10.8. The fourth-order valence-electron chi connectivity index (χ4n) is 1.75. The summed E-state index contributed by atoms with van der Waals surface area (Å²) in [5.41, 5.74) is 5.94. The maximum absolute atomic E-state index is 13.7. The first-order valence-electron chi connectivity index (χ1n) is 6.50. The van der Waals surface area contributed by atoms with Crippen molar-refractivity contribution < 1.29 is 9.13 Å². The normalized spacial score (nSPS) is 10.3. The number of hydrogen-bond donors (Lipinski definition) is 1. The Morgan fingerprint density at radius 2 is 2.00 bits per heavy atom. The van der Waals surface area contributed by atoms with E-state index in [4.69, 9.17) is 10.5 Å². The summed E-state index contributed by atoms with van der Waals surface area (Å²) in [5.74, 6) is -0.0179. The number of unbranched alkanes of at least 4 members (excludes halogenated alkanes) is 4. The molecule has 0 heterocycles. The molecule has 100 valence electrons. The van der Waals surface area contributed by atoms with Crippen molar-refractivity contribution in [3.05, 3.63) is 42.2 Å². The van der Waals surface area contributed by atoms with E-state index in [1.165, 1.54) is 12.8 Å². The second kappa shape index (κ2) is 8.70. The molecule has 1 rings (SSSR count). The number of nitrogens with two attached hydrogens (primary N) is 1. The van der Waals surface area contributed by atoms with E-state index in [1.54, 1.807) is 18.2 Å². The molecule has 18 heavy (non-hydrogen) atoms. The monoisotopic (exact) mass is 251 g/mol. The molecule has 0 aliphatic carbocycles. The van der Waals surface area contributed by atoms with Crippen LogP contribution >= 0.6 is 0 Å². The highest BCUT2D eigenvalue weighted by molar-refractivity contribution is 5.30. The summed E-state index contributed by atoms with van der Waals surface area (Å²) in [6, 6.07) is 5.09. The molecule has 1 aromatic carbocycles. The van der Waals surface area contributed by atoms with Crippen LogP contribution in [0.1, 0.15) is 37.7 Å². The molecular formula is C15H22FNO. The zero-order valence-electron chi connectivity index (χ0n) is 10.8. The third-order valence-corrected chi connectivity index (χ3v) is 2.82. The predicted molar refractivity (Wildman–Crippen MR) is 73.1 cm³/mol. The number of halogens is 1. The van der Waals surface area contributed by atoms with Gasteiger partial charge in [0.2, 0.25) is 0 Å². The van der Waals surface area contributed by atoms with Crippen LogP contribution < -0.4 is 10.5 Å². The Morgan fingerprint density at radius 1 is 1.22 bits per heavy atom. The van der Waals surface area contributed by atoms with Crippen molar-refractivity contribution in [2.45, 2.75) is 38.6 Å². The summed E-state index contributed by atoms with van der Waals surface area (Å²) in [5, 5.41) is 0. The molecular weight excluding hydrogens is 229 g/mol. The van der Waals surface area contributed by atoms with E-state index in [2.05, 4.69) is 6.58 Å². The molecule has 0 spiro atoms. The molecule has 0 aliphatic heterocycles. The van der Waals surface area contributed by atoms with E-state index in [1.807, 2.05) is 6.08 Å². The van der Waals surface area contributed by atoms with Gasteiger partial charge in [-0.2, -0.15) is 0 Å². The third kappa shape index (κ3) is 4.88. The Kier molecular flexibility index (Phi) is 7.11. The lowest BCUT2D eigenvalue weighted by atomic mass is 10.1. The van der Waals surface area contributed by atoms with Crippen molar-refractivity contribution >= 4 is 0 Å². The van der Waals surface area contributed by atoms with Crippen LogP contribution in [0.4, 0.5) is 4.39 Å². The first-order valence-corrected chi connectivity index (χ1v) is 6.50. The maximum Gasteiger partial charge on any atom is 0.169 e. The first kappa shape index (κ1) is 14.7. The van der Waals surface area contributed by atoms with Crippen molar-refractivity contribution in [1.82, 2.24) is 0 Å². The molecule has 0 saturated carbocycles. The van der Waals surface area contributed by atoms with Crippen LogP contribution in [0.25, 0.3) is 0 Å². The molecule has 2 nitrogen and oxygen atoms in total. The Morgan fingerprint density at radius 3 is 2.72 bits per heavy atom. The average molecular weight is 251 g/mol. The fourth-order valence-corrected chi connectivity index (χ4v) is 1.75. The Balaban J connectivity index is 2.25. The van der Waals surface area contributed by atoms with E-state index in [0.717, 1.165) is 19.3 Å². The largest absolute Gasteiger partial charge is 0.491 e. The number of benzene rings is 1. The van der Waals surface area contributed by atoms with E-state index in [0.29, 0.717) is 17.9 Å². The summed E-state index contributed by atoms with van der Waals surface area (Å²) < 4.78 is 19.2. The Bertz CT molecular complexity index is 366. The van der Waals surface area contributed by atoms with Gasteiger partial charge in [-0.1, -0.05) is 31.1 Å². The number of hydrogen-bond acceptors (Lipinski definition) is 2. The maximum atomic E-state index is 13.7. The highest BCUT2D eigenvalue weighted by atomic mass is 19.1. The quantitative estimate of drug-likeness (QED) is 0.535. The summed E-state index contributed by atoms with van der Waals surface area (Å²) in [4.78, 5) is 0. The topological polar surface area (TPSA) is 35.2 Å². The minimum absolute atomic E-state index is 0.199. The predicted octanol–water partition coefficient (Wildman–Crippen LogP) is 3.80. The number of ether oxygens (including phenoxy) is 1.